The van der Waals surface area contributed by atoms with Crippen LogP contribution in [-0.4, -0.2) is 57.2 Å². The fraction of sp³-hybridized carbons (Fsp3) is 0.261. The highest BCUT2D eigenvalue weighted by molar-refractivity contribution is 6.00. The van der Waals surface area contributed by atoms with Crippen LogP contribution in [0.1, 0.15) is 22.3 Å². The van der Waals surface area contributed by atoms with Crippen molar-refractivity contribution in [2.24, 2.45) is 0 Å². The Morgan fingerprint density at radius 1 is 1.12 bits per heavy atom. The van der Waals surface area contributed by atoms with Crippen molar-refractivity contribution < 1.29 is 4.79 Å². The van der Waals surface area contributed by atoms with E-state index in [0.717, 1.165) is 18.5 Å². The lowest BCUT2D eigenvalue weighted by Crippen LogP contribution is -2.26. The third kappa shape index (κ3) is 4.74. The van der Waals surface area contributed by atoms with Crippen LogP contribution in [0.25, 0.3) is 11.5 Å². The van der Waals surface area contributed by atoms with E-state index in [9.17, 15) is 9.59 Å². The number of nitrogens with one attached hydrogen (secondary N) is 4. The van der Waals surface area contributed by atoms with Gasteiger partial charge in [0, 0.05) is 32.1 Å². The highest BCUT2D eigenvalue weighted by Crippen LogP contribution is 2.21. The van der Waals surface area contributed by atoms with Gasteiger partial charge in [0.05, 0.1) is 6.20 Å². The van der Waals surface area contributed by atoms with Gasteiger partial charge in [-0.05, 0) is 50.7 Å². The summed E-state index contributed by atoms with van der Waals surface area (Å²) in [4.78, 5) is 34.7. The number of pyridine rings is 2. The average Bonchev–Trinajstić information content (AvgIpc) is 3.27. The highest BCUT2D eigenvalue weighted by Gasteiger charge is 2.17. The van der Waals surface area contributed by atoms with Crippen molar-refractivity contribution in [3.63, 3.8) is 0 Å². The van der Waals surface area contributed by atoms with Gasteiger partial charge in [-0.3, -0.25) is 14.2 Å². The van der Waals surface area contributed by atoms with Gasteiger partial charge >= 0.3 is 0 Å². The fourth-order valence-corrected chi connectivity index (χ4v) is 3.44. The first-order valence-corrected chi connectivity index (χ1v) is 10.9. The number of aromatic nitrogens is 5. The van der Waals surface area contributed by atoms with E-state index >= 15 is 0 Å². The van der Waals surface area contributed by atoms with Crippen molar-refractivity contribution in [1.29, 1.82) is 0 Å². The molecule has 4 N–H and O–H groups in total. The maximum absolute atomic E-state index is 13.1. The van der Waals surface area contributed by atoms with Crippen LogP contribution in [0.15, 0.2) is 53.7 Å². The number of carbonyl (C=O) groups excluding carboxylic acids is 1. The molecule has 0 aliphatic rings. The standard InChI is InChI=1S/C23H27N9O2/c1-15-7-8-19(27-13-15)31-11-4-6-17(23(31)34)29-18-12-20(25-3)32-21(30-18)16(14-28-32)22(33)26-10-5-9-24-2/h4,6-8,11-14,24-25H,5,9-10H2,1-3H3,(H,26,33)(H,29,30). The maximum atomic E-state index is 13.1. The van der Waals surface area contributed by atoms with Gasteiger partial charge in [0.15, 0.2) is 5.65 Å². The molecule has 0 unspecified atom stereocenters. The molecule has 0 atom stereocenters. The molecule has 0 saturated heterocycles. The second-order valence-corrected chi connectivity index (χ2v) is 7.70. The molecule has 34 heavy (non-hydrogen) atoms. The molecule has 0 fully saturated rings. The number of anilines is 3. The van der Waals surface area contributed by atoms with Gasteiger partial charge in [-0.25, -0.2) is 9.97 Å². The van der Waals surface area contributed by atoms with Crippen LogP contribution in [0.5, 0.6) is 0 Å². The second-order valence-electron chi connectivity index (χ2n) is 7.70. The van der Waals surface area contributed by atoms with Crippen molar-refractivity contribution in [1.82, 2.24) is 34.8 Å². The summed E-state index contributed by atoms with van der Waals surface area (Å²) < 4.78 is 3.01. The first-order valence-electron chi connectivity index (χ1n) is 10.9. The molecule has 1 amide bonds. The number of amides is 1. The Morgan fingerprint density at radius 3 is 2.71 bits per heavy atom. The third-order valence-corrected chi connectivity index (χ3v) is 5.21. The molecule has 0 aromatic carbocycles. The van der Waals surface area contributed by atoms with Crippen LogP contribution >= 0.6 is 0 Å². The van der Waals surface area contributed by atoms with E-state index in [1.165, 1.54) is 10.8 Å². The van der Waals surface area contributed by atoms with Crippen LogP contribution in [0.3, 0.4) is 0 Å². The summed E-state index contributed by atoms with van der Waals surface area (Å²) in [6.07, 6.45) is 5.66. The molecule has 4 heterocycles. The zero-order valence-electron chi connectivity index (χ0n) is 19.3. The normalized spacial score (nSPS) is 10.9. The van der Waals surface area contributed by atoms with E-state index in [-0.39, 0.29) is 11.5 Å². The molecule has 0 aliphatic heterocycles. The van der Waals surface area contributed by atoms with Gasteiger partial charge in [-0.15, -0.1) is 0 Å². The first kappa shape index (κ1) is 22.9. The molecule has 11 nitrogen and oxygen atoms in total. The van der Waals surface area contributed by atoms with Gasteiger partial charge in [0.1, 0.15) is 28.7 Å². The molecule has 11 heteroatoms. The first-order chi connectivity index (χ1) is 16.5. The fourth-order valence-electron chi connectivity index (χ4n) is 3.44. The zero-order chi connectivity index (χ0) is 24.1. The van der Waals surface area contributed by atoms with Gasteiger partial charge in [0.2, 0.25) is 0 Å². The summed E-state index contributed by atoms with van der Waals surface area (Å²) in [6, 6.07) is 8.83. The number of nitrogens with zero attached hydrogens (tertiary/aromatic N) is 5. The molecule has 0 spiro atoms. The Morgan fingerprint density at radius 2 is 1.97 bits per heavy atom. The summed E-state index contributed by atoms with van der Waals surface area (Å²) in [7, 11) is 3.61. The van der Waals surface area contributed by atoms with Crippen LogP contribution in [0, 0.1) is 6.92 Å². The van der Waals surface area contributed by atoms with E-state index in [1.807, 2.05) is 20.0 Å². The molecule has 4 rings (SSSR count). The third-order valence-electron chi connectivity index (χ3n) is 5.21. The van der Waals surface area contributed by atoms with E-state index in [0.29, 0.717) is 40.9 Å². The summed E-state index contributed by atoms with van der Waals surface area (Å²) in [5.74, 6) is 1.27. The average molecular weight is 462 g/mol. The van der Waals surface area contributed by atoms with Gasteiger partial charge in [-0.2, -0.15) is 9.61 Å². The van der Waals surface area contributed by atoms with Crippen molar-refractivity contribution in [3.8, 4) is 5.82 Å². The number of aryl methyl sites for hydroxylation is 1. The Kier molecular flexibility index (Phi) is 6.83. The summed E-state index contributed by atoms with van der Waals surface area (Å²) in [6.45, 7) is 3.27. The Hall–Kier alpha value is -4.25. The molecule has 0 saturated carbocycles. The minimum absolute atomic E-state index is 0.259. The van der Waals surface area contributed by atoms with Crippen LogP contribution in [0.2, 0.25) is 0 Å². The minimum atomic E-state index is -0.275. The quantitative estimate of drug-likeness (QED) is 0.277. The lowest BCUT2D eigenvalue weighted by Gasteiger charge is -2.11. The largest absolute Gasteiger partial charge is 0.373 e. The summed E-state index contributed by atoms with van der Waals surface area (Å²) >= 11 is 0. The number of hydrogen-bond acceptors (Lipinski definition) is 8. The number of carbonyl (C=O) groups is 1. The monoisotopic (exact) mass is 461 g/mol. The van der Waals surface area contributed by atoms with E-state index in [4.69, 9.17) is 0 Å². The van der Waals surface area contributed by atoms with E-state index in [1.54, 1.807) is 48.2 Å². The van der Waals surface area contributed by atoms with Crippen LogP contribution < -0.4 is 26.8 Å². The van der Waals surface area contributed by atoms with Gasteiger partial charge < -0.3 is 21.3 Å². The molecule has 0 radical (unpaired) electrons. The van der Waals surface area contributed by atoms with Crippen LogP contribution in [-0.2, 0) is 0 Å². The number of rotatable bonds is 9. The topological polar surface area (TPSA) is 130 Å². The molecule has 176 valence electrons. The van der Waals surface area contributed by atoms with E-state index in [2.05, 4.69) is 36.3 Å². The number of fused-ring (bicyclic) bond motifs is 1. The SMILES string of the molecule is CNCCCNC(=O)c1cnn2c(NC)cc(Nc3cccn(-c4ccc(C)cn4)c3=O)nc12. The Bertz CT molecular complexity index is 1360. The molecule has 4 aromatic heterocycles. The van der Waals surface area contributed by atoms with Gasteiger partial charge in [-0.1, -0.05) is 6.07 Å². The predicted octanol–water partition coefficient (Wildman–Crippen LogP) is 1.71. The van der Waals surface area contributed by atoms with Crippen molar-refractivity contribution in [2.45, 2.75) is 13.3 Å². The molecule has 0 bridgehead atoms. The zero-order valence-corrected chi connectivity index (χ0v) is 19.3. The lowest BCUT2D eigenvalue weighted by molar-refractivity contribution is 0.0954. The Labute approximate surface area is 196 Å². The molecule has 0 aliphatic carbocycles. The van der Waals surface area contributed by atoms with Crippen molar-refractivity contribution in [3.05, 3.63) is 70.4 Å². The minimum Gasteiger partial charge on any atom is -0.373 e. The summed E-state index contributed by atoms with van der Waals surface area (Å²) in [5.41, 5.74) is 1.77. The molecular weight excluding hydrogens is 434 g/mol. The van der Waals surface area contributed by atoms with Gasteiger partial charge in [0.25, 0.3) is 11.5 Å². The molecule has 4 aromatic rings. The van der Waals surface area contributed by atoms with Crippen molar-refractivity contribution in [2.75, 3.05) is 37.8 Å². The molecular formula is C23H27N9O2. The smallest absolute Gasteiger partial charge is 0.279 e. The highest BCUT2D eigenvalue weighted by atomic mass is 16.1. The Balaban J connectivity index is 1.66. The summed E-state index contributed by atoms with van der Waals surface area (Å²) in [5, 5.41) is 16.4. The second kappa shape index (κ2) is 10.1. The predicted molar refractivity (Wildman–Crippen MR) is 131 cm³/mol. The van der Waals surface area contributed by atoms with Crippen LogP contribution in [0.4, 0.5) is 17.3 Å². The van der Waals surface area contributed by atoms with E-state index < -0.39 is 0 Å². The van der Waals surface area contributed by atoms with Crippen molar-refractivity contribution >= 4 is 28.9 Å². The maximum Gasteiger partial charge on any atom is 0.279 e. The lowest BCUT2D eigenvalue weighted by atomic mass is 10.3. The number of hydrogen-bond donors (Lipinski definition) is 4.